The van der Waals surface area contributed by atoms with Gasteiger partial charge in [-0.3, -0.25) is 4.79 Å². The summed E-state index contributed by atoms with van der Waals surface area (Å²) in [5.41, 5.74) is 3.72. The van der Waals surface area contributed by atoms with Crippen molar-refractivity contribution in [2.45, 2.75) is 13.1 Å². The van der Waals surface area contributed by atoms with Gasteiger partial charge < -0.3 is 5.32 Å². The van der Waals surface area contributed by atoms with Gasteiger partial charge in [0.2, 0.25) is 0 Å². The number of carbonyl (C=O) groups is 1. The molecule has 0 spiro atoms. The number of carbonyl (C=O) groups excluding carboxylic acids is 1. The highest BCUT2D eigenvalue weighted by atomic mass is 19.4. The second kappa shape index (κ2) is 9.73. The minimum absolute atomic E-state index is 0.0631. The van der Waals surface area contributed by atoms with E-state index in [9.17, 15) is 18.0 Å². The molecule has 1 N–H and O–H groups in total. The van der Waals surface area contributed by atoms with Crippen LogP contribution in [0.4, 0.5) is 18.9 Å². The molecule has 0 fully saturated rings. The number of halogens is 3. The van der Waals surface area contributed by atoms with Gasteiger partial charge in [0.25, 0.3) is 5.91 Å². The van der Waals surface area contributed by atoms with E-state index in [2.05, 4.69) is 15.4 Å². The average molecular weight is 499 g/mol. The van der Waals surface area contributed by atoms with Crippen LogP contribution in [0.25, 0.3) is 28.9 Å². The molecule has 0 unspecified atom stereocenters. The SMILES string of the molecule is Cc1ccc(C(=O)Nc2cc(-c3ccccc3)cc(C(F)(F)F)c2)cc1C=Cc1cnc2cccnn12. The number of aromatic nitrogens is 3. The number of anilines is 1. The molecule has 5 aromatic rings. The molecular formula is C29H21F3N4O. The Morgan fingerprint density at radius 2 is 1.73 bits per heavy atom. The normalized spacial score (nSPS) is 11.8. The molecule has 0 aliphatic rings. The van der Waals surface area contributed by atoms with E-state index in [0.717, 1.165) is 29.0 Å². The molecule has 5 rings (SSSR count). The molecule has 0 saturated heterocycles. The lowest BCUT2D eigenvalue weighted by Crippen LogP contribution is -2.14. The number of amides is 1. The first-order chi connectivity index (χ1) is 17.8. The third-order valence-corrected chi connectivity index (χ3v) is 5.90. The fraction of sp³-hybridized carbons (Fsp3) is 0.0690. The third kappa shape index (κ3) is 5.28. The topological polar surface area (TPSA) is 59.3 Å². The average Bonchev–Trinajstić information content (AvgIpc) is 3.31. The molecule has 1 amide bonds. The Morgan fingerprint density at radius 3 is 2.51 bits per heavy atom. The van der Waals surface area contributed by atoms with Crippen molar-refractivity contribution in [1.82, 2.24) is 14.6 Å². The van der Waals surface area contributed by atoms with Gasteiger partial charge in [-0.1, -0.05) is 42.5 Å². The van der Waals surface area contributed by atoms with Gasteiger partial charge >= 0.3 is 6.18 Å². The zero-order chi connectivity index (χ0) is 26.0. The third-order valence-electron chi connectivity index (χ3n) is 5.90. The lowest BCUT2D eigenvalue weighted by Gasteiger charge is -2.14. The molecule has 5 nitrogen and oxygen atoms in total. The number of alkyl halides is 3. The highest BCUT2D eigenvalue weighted by molar-refractivity contribution is 6.05. The van der Waals surface area contributed by atoms with Gasteiger partial charge in [0.1, 0.15) is 0 Å². The summed E-state index contributed by atoms with van der Waals surface area (Å²) in [5, 5.41) is 6.91. The van der Waals surface area contributed by atoms with E-state index >= 15 is 0 Å². The van der Waals surface area contributed by atoms with Gasteiger partial charge in [0.05, 0.1) is 17.5 Å². The first-order valence-corrected chi connectivity index (χ1v) is 11.4. The van der Waals surface area contributed by atoms with Crippen LogP contribution in [0.5, 0.6) is 0 Å². The highest BCUT2D eigenvalue weighted by Gasteiger charge is 2.31. The number of nitrogens with zero attached hydrogens (tertiary/aromatic N) is 3. The van der Waals surface area contributed by atoms with E-state index in [-0.39, 0.29) is 5.69 Å². The van der Waals surface area contributed by atoms with Gasteiger partial charge in [0.15, 0.2) is 5.65 Å². The number of hydrogen-bond acceptors (Lipinski definition) is 3. The standard InChI is InChI=1S/C29H21F3N4O/c1-19-9-10-22(14-21(19)11-12-26-18-33-27-8-5-13-34-36(26)27)28(37)35-25-16-23(20-6-3-2-4-7-20)15-24(17-25)29(30,31)32/h2-18H,1H3,(H,35,37). The summed E-state index contributed by atoms with van der Waals surface area (Å²) < 4.78 is 42.5. The van der Waals surface area contributed by atoms with Crippen LogP contribution < -0.4 is 5.32 Å². The Morgan fingerprint density at radius 1 is 0.919 bits per heavy atom. The van der Waals surface area contributed by atoms with Crippen LogP contribution in [-0.2, 0) is 6.18 Å². The van der Waals surface area contributed by atoms with E-state index in [4.69, 9.17) is 0 Å². The molecule has 3 aromatic carbocycles. The smallest absolute Gasteiger partial charge is 0.322 e. The predicted octanol–water partition coefficient (Wildman–Crippen LogP) is 7.15. The van der Waals surface area contributed by atoms with Crippen LogP contribution in [-0.4, -0.2) is 20.5 Å². The molecule has 0 radical (unpaired) electrons. The number of fused-ring (bicyclic) bond motifs is 1. The first-order valence-electron chi connectivity index (χ1n) is 11.4. The van der Waals surface area contributed by atoms with Gasteiger partial charge in [0, 0.05) is 17.4 Å². The first kappa shape index (κ1) is 24.0. The number of imidazole rings is 1. The molecule has 8 heteroatoms. The van der Waals surface area contributed by atoms with Crippen LogP contribution in [0, 0.1) is 6.92 Å². The second-order valence-electron chi connectivity index (χ2n) is 8.50. The number of hydrogen-bond donors (Lipinski definition) is 1. The molecule has 0 aliphatic carbocycles. The summed E-state index contributed by atoms with van der Waals surface area (Å²) in [4.78, 5) is 17.4. The Kier molecular flexibility index (Phi) is 6.31. The minimum Gasteiger partial charge on any atom is -0.322 e. The summed E-state index contributed by atoms with van der Waals surface area (Å²) in [6.07, 6.45) is 2.50. The molecule has 184 valence electrons. The summed E-state index contributed by atoms with van der Waals surface area (Å²) in [5.74, 6) is -0.510. The summed E-state index contributed by atoms with van der Waals surface area (Å²) in [7, 11) is 0. The van der Waals surface area contributed by atoms with Gasteiger partial charge in [-0.05, 0) is 77.7 Å². The molecule has 0 saturated carbocycles. The van der Waals surface area contributed by atoms with E-state index in [1.54, 1.807) is 71.5 Å². The predicted molar refractivity (Wildman–Crippen MR) is 138 cm³/mol. The Labute approximate surface area is 210 Å². The van der Waals surface area contributed by atoms with Crippen molar-refractivity contribution in [1.29, 1.82) is 0 Å². The van der Waals surface area contributed by atoms with Crippen LogP contribution >= 0.6 is 0 Å². The molecule has 0 atom stereocenters. The van der Waals surface area contributed by atoms with E-state index in [0.29, 0.717) is 22.3 Å². The fourth-order valence-electron chi connectivity index (χ4n) is 3.96. The molecule has 0 aliphatic heterocycles. The van der Waals surface area contributed by atoms with Crippen molar-refractivity contribution in [3.8, 4) is 11.1 Å². The Balaban J connectivity index is 1.43. The summed E-state index contributed by atoms with van der Waals surface area (Å²) in [6, 6.07) is 21.1. The quantitative estimate of drug-likeness (QED) is 0.280. The zero-order valence-electron chi connectivity index (χ0n) is 19.7. The van der Waals surface area contributed by atoms with E-state index in [1.165, 1.54) is 6.07 Å². The second-order valence-corrected chi connectivity index (χ2v) is 8.50. The maximum atomic E-state index is 13.6. The zero-order valence-corrected chi connectivity index (χ0v) is 19.7. The number of aryl methyl sites for hydroxylation is 1. The van der Waals surface area contributed by atoms with Crippen LogP contribution in [0.15, 0.2) is 91.3 Å². The highest BCUT2D eigenvalue weighted by Crippen LogP contribution is 2.35. The van der Waals surface area contributed by atoms with Crippen molar-refractivity contribution in [2.24, 2.45) is 0 Å². The van der Waals surface area contributed by atoms with E-state index in [1.807, 2.05) is 25.1 Å². The van der Waals surface area contributed by atoms with Crippen LogP contribution in [0.1, 0.15) is 32.7 Å². The largest absolute Gasteiger partial charge is 0.416 e. The lowest BCUT2D eigenvalue weighted by molar-refractivity contribution is -0.137. The van der Waals surface area contributed by atoms with Crippen LogP contribution in [0.2, 0.25) is 0 Å². The Bertz CT molecular complexity index is 1620. The van der Waals surface area contributed by atoms with Gasteiger partial charge in [-0.25, -0.2) is 9.50 Å². The monoisotopic (exact) mass is 498 g/mol. The summed E-state index contributed by atoms with van der Waals surface area (Å²) in [6.45, 7) is 1.91. The maximum absolute atomic E-state index is 13.6. The number of nitrogens with one attached hydrogen (secondary N) is 1. The number of benzene rings is 3. The number of rotatable bonds is 5. The minimum atomic E-state index is -4.56. The van der Waals surface area contributed by atoms with Crippen molar-refractivity contribution in [2.75, 3.05) is 5.32 Å². The van der Waals surface area contributed by atoms with Gasteiger partial charge in [-0.2, -0.15) is 18.3 Å². The maximum Gasteiger partial charge on any atom is 0.416 e. The molecule has 0 bridgehead atoms. The fourth-order valence-corrected chi connectivity index (χ4v) is 3.96. The molecule has 37 heavy (non-hydrogen) atoms. The van der Waals surface area contributed by atoms with Crippen molar-refractivity contribution >= 4 is 29.4 Å². The molecular weight excluding hydrogens is 477 g/mol. The van der Waals surface area contributed by atoms with Crippen molar-refractivity contribution in [3.05, 3.63) is 119 Å². The molecule has 2 heterocycles. The lowest BCUT2D eigenvalue weighted by atomic mass is 10.0. The van der Waals surface area contributed by atoms with Gasteiger partial charge in [-0.15, -0.1) is 0 Å². The van der Waals surface area contributed by atoms with E-state index < -0.39 is 17.6 Å². The van der Waals surface area contributed by atoms with Crippen molar-refractivity contribution in [3.63, 3.8) is 0 Å². The molecule has 2 aromatic heterocycles. The summed E-state index contributed by atoms with van der Waals surface area (Å²) >= 11 is 0. The van der Waals surface area contributed by atoms with Crippen molar-refractivity contribution < 1.29 is 18.0 Å². The Hall–Kier alpha value is -4.72. The van der Waals surface area contributed by atoms with Crippen LogP contribution in [0.3, 0.4) is 0 Å².